The minimum atomic E-state index is -0.277. The van der Waals surface area contributed by atoms with Crippen molar-refractivity contribution in [2.45, 2.75) is 19.8 Å². The van der Waals surface area contributed by atoms with Gasteiger partial charge in [0, 0.05) is 25.9 Å². The fourth-order valence-electron chi connectivity index (χ4n) is 1.68. The van der Waals surface area contributed by atoms with Crippen LogP contribution in [0.2, 0.25) is 0 Å². The zero-order chi connectivity index (χ0) is 10.4. The Kier molecular flexibility index (Phi) is 4.59. The van der Waals surface area contributed by atoms with Crippen LogP contribution < -0.4 is 0 Å². The zero-order valence-electron chi connectivity index (χ0n) is 8.40. The standard InChI is InChI=1S/C10H16O4/c1-8(12)14-7-10-6-13-5-3-9(10)2-4-11/h4,9-10H,2-3,5-7H2,1H3/t9-,10-/m1/s1. The molecule has 1 saturated heterocycles. The van der Waals surface area contributed by atoms with Gasteiger partial charge in [-0.15, -0.1) is 0 Å². The summed E-state index contributed by atoms with van der Waals surface area (Å²) in [5.74, 6) is 0.207. The van der Waals surface area contributed by atoms with Crippen molar-refractivity contribution >= 4 is 12.3 Å². The molecule has 0 aromatic carbocycles. The van der Waals surface area contributed by atoms with Crippen molar-refractivity contribution in [3.63, 3.8) is 0 Å². The first-order chi connectivity index (χ1) is 6.74. The topological polar surface area (TPSA) is 52.6 Å². The highest BCUT2D eigenvalue weighted by Crippen LogP contribution is 2.24. The number of aldehydes is 1. The minimum absolute atomic E-state index is 0.179. The molecule has 2 atom stereocenters. The highest BCUT2D eigenvalue weighted by atomic mass is 16.5. The van der Waals surface area contributed by atoms with E-state index in [1.165, 1.54) is 6.92 Å². The minimum Gasteiger partial charge on any atom is -0.465 e. The van der Waals surface area contributed by atoms with Crippen LogP contribution in [0.5, 0.6) is 0 Å². The number of hydrogen-bond donors (Lipinski definition) is 0. The molecule has 0 unspecified atom stereocenters. The average molecular weight is 200 g/mol. The molecule has 1 fully saturated rings. The number of rotatable bonds is 4. The summed E-state index contributed by atoms with van der Waals surface area (Å²) in [5, 5.41) is 0. The second-order valence-electron chi connectivity index (χ2n) is 3.59. The maximum Gasteiger partial charge on any atom is 0.302 e. The molecule has 1 heterocycles. The zero-order valence-corrected chi connectivity index (χ0v) is 8.40. The van der Waals surface area contributed by atoms with Crippen LogP contribution in [0.25, 0.3) is 0 Å². The molecule has 0 spiro atoms. The normalized spacial score (nSPS) is 26.9. The highest BCUT2D eigenvalue weighted by Gasteiger charge is 2.26. The number of hydrogen-bond acceptors (Lipinski definition) is 4. The lowest BCUT2D eigenvalue weighted by molar-refractivity contribution is -0.144. The molecule has 0 radical (unpaired) electrons. The lowest BCUT2D eigenvalue weighted by Gasteiger charge is -2.29. The number of carbonyl (C=O) groups excluding carboxylic acids is 2. The Morgan fingerprint density at radius 3 is 3.00 bits per heavy atom. The van der Waals surface area contributed by atoms with Gasteiger partial charge in [0.05, 0.1) is 13.2 Å². The van der Waals surface area contributed by atoms with Crippen molar-refractivity contribution in [1.82, 2.24) is 0 Å². The first kappa shape index (κ1) is 11.2. The van der Waals surface area contributed by atoms with Crippen LogP contribution in [0.4, 0.5) is 0 Å². The SMILES string of the molecule is CC(=O)OC[C@H]1COCC[C@H]1CC=O. The predicted octanol–water partition coefficient (Wildman–Crippen LogP) is 0.791. The molecule has 1 aliphatic rings. The van der Waals surface area contributed by atoms with E-state index in [4.69, 9.17) is 9.47 Å². The molecule has 0 amide bonds. The molecule has 0 aliphatic carbocycles. The Morgan fingerprint density at radius 1 is 1.57 bits per heavy atom. The molecule has 1 aliphatic heterocycles. The molecule has 0 aromatic rings. The third kappa shape index (κ3) is 3.46. The highest BCUT2D eigenvalue weighted by molar-refractivity contribution is 5.65. The lowest BCUT2D eigenvalue weighted by Crippen LogP contribution is -2.31. The summed E-state index contributed by atoms with van der Waals surface area (Å²) in [4.78, 5) is 21.0. The Hall–Kier alpha value is -0.900. The van der Waals surface area contributed by atoms with Crippen molar-refractivity contribution in [3.8, 4) is 0 Å². The molecular weight excluding hydrogens is 184 g/mol. The Morgan fingerprint density at radius 2 is 2.36 bits per heavy atom. The quantitative estimate of drug-likeness (QED) is 0.497. The monoisotopic (exact) mass is 200 g/mol. The molecule has 0 saturated carbocycles. The van der Waals surface area contributed by atoms with E-state index >= 15 is 0 Å². The maximum atomic E-state index is 10.6. The molecule has 1 rings (SSSR count). The summed E-state index contributed by atoms with van der Waals surface area (Å²) in [6, 6.07) is 0. The van der Waals surface area contributed by atoms with Gasteiger partial charge < -0.3 is 14.3 Å². The van der Waals surface area contributed by atoms with Gasteiger partial charge in [0.25, 0.3) is 0 Å². The summed E-state index contributed by atoms with van der Waals surface area (Å²) >= 11 is 0. The number of esters is 1. The van der Waals surface area contributed by atoms with Crippen molar-refractivity contribution in [3.05, 3.63) is 0 Å². The van der Waals surface area contributed by atoms with E-state index in [1.54, 1.807) is 0 Å². The second-order valence-corrected chi connectivity index (χ2v) is 3.59. The third-order valence-corrected chi connectivity index (χ3v) is 2.53. The van der Waals surface area contributed by atoms with E-state index in [1.807, 2.05) is 0 Å². The van der Waals surface area contributed by atoms with E-state index < -0.39 is 0 Å². The third-order valence-electron chi connectivity index (χ3n) is 2.53. The molecule has 0 N–H and O–H groups in total. The molecule has 0 aromatic heterocycles. The second kappa shape index (κ2) is 5.75. The van der Waals surface area contributed by atoms with Crippen LogP contribution in [-0.4, -0.2) is 32.1 Å². The van der Waals surface area contributed by atoms with Crippen LogP contribution >= 0.6 is 0 Å². The molecule has 14 heavy (non-hydrogen) atoms. The maximum absolute atomic E-state index is 10.6. The van der Waals surface area contributed by atoms with Crippen LogP contribution in [0.3, 0.4) is 0 Å². The Labute approximate surface area is 83.6 Å². The van der Waals surface area contributed by atoms with Crippen molar-refractivity contribution < 1.29 is 19.1 Å². The predicted molar refractivity (Wildman–Crippen MR) is 49.7 cm³/mol. The molecule has 4 nitrogen and oxygen atoms in total. The van der Waals surface area contributed by atoms with Gasteiger partial charge in [0.2, 0.25) is 0 Å². The van der Waals surface area contributed by atoms with Gasteiger partial charge in [0.1, 0.15) is 6.29 Å². The largest absolute Gasteiger partial charge is 0.465 e. The lowest BCUT2D eigenvalue weighted by atomic mass is 9.87. The van der Waals surface area contributed by atoms with Crippen LogP contribution in [0.1, 0.15) is 19.8 Å². The van der Waals surface area contributed by atoms with Crippen LogP contribution in [-0.2, 0) is 19.1 Å². The average Bonchev–Trinajstić information content (AvgIpc) is 2.17. The summed E-state index contributed by atoms with van der Waals surface area (Å²) in [7, 11) is 0. The Bertz CT molecular complexity index is 202. The fourth-order valence-corrected chi connectivity index (χ4v) is 1.68. The molecule has 4 heteroatoms. The number of carbonyl (C=O) groups is 2. The molecule has 80 valence electrons. The van der Waals surface area contributed by atoms with E-state index in [-0.39, 0.29) is 11.9 Å². The van der Waals surface area contributed by atoms with E-state index in [9.17, 15) is 9.59 Å². The van der Waals surface area contributed by atoms with Crippen molar-refractivity contribution in [2.75, 3.05) is 19.8 Å². The summed E-state index contributed by atoms with van der Waals surface area (Å²) in [6.45, 7) is 3.05. The van der Waals surface area contributed by atoms with Gasteiger partial charge in [0.15, 0.2) is 0 Å². The smallest absolute Gasteiger partial charge is 0.302 e. The summed E-state index contributed by atoms with van der Waals surface area (Å²) in [6.07, 6.45) is 2.34. The van der Waals surface area contributed by atoms with E-state index in [0.29, 0.717) is 32.2 Å². The van der Waals surface area contributed by atoms with Gasteiger partial charge >= 0.3 is 5.97 Å². The van der Waals surface area contributed by atoms with E-state index in [2.05, 4.69) is 0 Å². The van der Waals surface area contributed by atoms with Gasteiger partial charge in [-0.2, -0.15) is 0 Å². The van der Waals surface area contributed by atoms with Crippen LogP contribution in [0.15, 0.2) is 0 Å². The van der Waals surface area contributed by atoms with Gasteiger partial charge in [-0.1, -0.05) is 0 Å². The summed E-state index contributed by atoms with van der Waals surface area (Å²) in [5.41, 5.74) is 0. The van der Waals surface area contributed by atoms with Gasteiger partial charge in [-0.05, 0) is 12.3 Å². The van der Waals surface area contributed by atoms with Gasteiger partial charge in [-0.3, -0.25) is 4.79 Å². The first-order valence-electron chi connectivity index (χ1n) is 4.88. The molecular formula is C10H16O4. The van der Waals surface area contributed by atoms with E-state index in [0.717, 1.165) is 12.7 Å². The Balaban J connectivity index is 2.37. The van der Waals surface area contributed by atoms with Crippen molar-refractivity contribution in [2.24, 2.45) is 11.8 Å². The number of ether oxygens (including phenoxy) is 2. The van der Waals surface area contributed by atoms with Crippen LogP contribution in [0, 0.1) is 11.8 Å². The van der Waals surface area contributed by atoms with Gasteiger partial charge in [-0.25, -0.2) is 0 Å². The fraction of sp³-hybridized carbons (Fsp3) is 0.800. The van der Waals surface area contributed by atoms with Crippen molar-refractivity contribution in [1.29, 1.82) is 0 Å². The molecule has 0 bridgehead atoms. The summed E-state index contributed by atoms with van der Waals surface area (Å²) < 4.78 is 10.2. The first-order valence-corrected chi connectivity index (χ1v) is 4.88.